The van der Waals surface area contributed by atoms with Crippen LogP contribution < -0.4 is 5.73 Å². The van der Waals surface area contributed by atoms with E-state index in [1.165, 1.54) is 36.7 Å². The third-order valence-corrected chi connectivity index (χ3v) is 7.72. The van der Waals surface area contributed by atoms with Gasteiger partial charge in [-0.05, 0) is 49.3 Å². The summed E-state index contributed by atoms with van der Waals surface area (Å²) in [6.07, 6.45) is 7.28. The molecule has 2 aliphatic rings. The molecule has 0 aliphatic heterocycles. The quantitative estimate of drug-likeness (QED) is 0.326. The normalized spacial score (nSPS) is 21.0. The number of anilines is 1. The van der Waals surface area contributed by atoms with Crippen LogP contribution in [0.1, 0.15) is 25.7 Å². The minimum Gasteiger partial charge on any atom is -0.481 e. The lowest BCUT2D eigenvalue weighted by Gasteiger charge is -2.16. The highest BCUT2D eigenvalue weighted by atomic mass is 35.5. The van der Waals surface area contributed by atoms with E-state index in [0.717, 1.165) is 18.5 Å². The molecule has 7 nitrogen and oxygen atoms in total. The highest BCUT2D eigenvalue weighted by Crippen LogP contribution is 2.48. The Bertz CT molecular complexity index is 1390. The topological polar surface area (TPSA) is 118 Å². The van der Waals surface area contributed by atoms with Crippen LogP contribution in [0.15, 0.2) is 30.6 Å². The number of hydrogen-bond acceptors (Lipinski definition) is 6. The molecule has 0 spiro atoms. The van der Waals surface area contributed by atoms with E-state index in [4.69, 9.17) is 22.4 Å². The molecular formula is C23H20ClF2N5O2S. The fourth-order valence-corrected chi connectivity index (χ4v) is 5.93. The number of hydrogen-bond donors (Lipinski definition) is 3. The summed E-state index contributed by atoms with van der Waals surface area (Å²) in [4.78, 5) is 26.2. The van der Waals surface area contributed by atoms with Crippen molar-refractivity contribution in [2.24, 2.45) is 17.8 Å². The number of nitrogens with zero attached hydrogens (tertiary/aromatic N) is 3. The molecule has 2 fully saturated rings. The first-order valence-electron chi connectivity index (χ1n) is 10.7. The zero-order chi connectivity index (χ0) is 24.0. The summed E-state index contributed by atoms with van der Waals surface area (Å²) in [6.45, 7) is 0. The number of H-pyrrole nitrogens is 1. The van der Waals surface area contributed by atoms with Crippen molar-refractivity contribution >= 4 is 45.8 Å². The first-order valence-corrected chi connectivity index (χ1v) is 11.9. The number of thiophene rings is 1. The molecule has 34 heavy (non-hydrogen) atoms. The van der Waals surface area contributed by atoms with Gasteiger partial charge in [-0.25, -0.2) is 23.7 Å². The predicted octanol–water partition coefficient (Wildman–Crippen LogP) is 5.77. The van der Waals surface area contributed by atoms with Crippen molar-refractivity contribution in [1.82, 2.24) is 19.9 Å². The Hall–Kier alpha value is -3.11. The van der Waals surface area contributed by atoms with Crippen LogP contribution >= 0.6 is 22.9 Å². The molecule has 4 aromatic heterocycles. The van der Waals surface area contributed by atoms with Crippen LogP contribution in [0, 0.1) is 29.4 Å². The van der Waals surface area contributed by atoms with Crippen molar-refractivity contribution in [3.63, 3.8) is 0 Å². The number of rotatable bonds is 3. The van der Waals surface area contributed by atoms with Crippen LogP contribution in [0.5, 0.6) is 0 Å². The van der Waals surface area contributed by atoms with E-state index in [0.29, 0.717) is 31.7 Å². The summed E-state index contributed by atoms with van der Waals surface area (Å²) >= 11 is 7.08. The lowest BCUT2D eigenvalue weighted by molar-refractivity contribution is -0.143. The number of aromatic nitrogens is 4. The molecular weight excluding hydrogens is 484 g/mol. The second-order valence-corrected chi connectivity index (χ2v) is 10.3. The molecule has 0 aromatic carbocycles. The second-order valence-electron chi connectivity index (χ2n) is 8.57. The smallest absolute Gasteiger partial charge is 0.306 e. The number of pyridine rings is 1. The molecule has 0 saturated heterocycles. The maximum Gasteiger partial charge on any atom is 0.306 e. The van der Waals surface area contributed by atoms with Gasteiger partial charge in [-0.2, -0.15) is 0 Å². The Balaban J connectivity index is 0.000000200. The van der Waals surface area contributed by atoms with Crippen molar-refractivity contribution in [1.29, 1.82) is 0 Å². The third-order valence-electron chi connectivity index (χ3n) is 6.48. The molecule has 3 unspecified atom stereocenters. The minimum absolute atomic E-state index is 0.0127. The van der Waals surface area contributed by atoms with E-state index in [-0.39, 0.29) is 23.3 Å². The zero-order valence-electron chi connectivity index (χ0n) is 17.8. The maximum atomic E-state index is 14.3. The highest BCUT2D eigenvalue weighted by Gasteiger charge is 2.43. The number of carbonyl (C=O) groups is 1. The summed E-state index contributed by atoms with van der Waals surface area (Å²) in [5.74, 6) is -0.602. The maximum absolute atomic E-state index is 14.3. The van der Waals surface area contributed by atoms with Gasteiger partial charge in [0.15, 0.2) is 17.5 Å². The number of nitrogen functional groups attached to an aromatic ring is 1. The van der Waals surface area contributed by atoms with Crippen molar-refractivity contribution in [3.05, 3.63) is 46.6 Å². The van der Waals surface area contributed by atoms with Gasteiger partial charge in [-0.15, -0.1) is 11.3 Å². The van der Waals surface area contributed by atoms with Gasteiger partial charge >= 0.3 is 5.97 Å². The van der Waals surface area contributed by atoms with E-state index in [9.17, 15) is 13.6 Å². The Morgan fingerprint density at radius 3 is 2.68 bits per heavy atom. The second kappa shape index (κ2) is 8.92. The van der Waals surface area contributed by atoms with E-state index < -0.39 is 17.6 Å². The van der Waals surface area contributed by atoms with E-state index in [2.05, 4.69) is 19.9 Å². The SMILES string of the molecule is Nc1nc(-c2c[nH]c3ncc(F)cc23)nc(-c2ccc(Cl)s2)c1F.O=C(O)C1CC2CCC1C2. The van der Waals surface area contributed by atoms with Gasteiger partial charge in [-0.1, -0.05) is 18.0 Å². The minimum atomic E-state index is -0.721. The predicted molar refractivity (Wildman–Crippen MR) is 126 cm³/mol. The van der Waals surface area contributed by atoms with Crippen LogP contribution in [-0.2, 0) is 4.79 Å². The monoisotopic (exact) mass is 503 g/mol. The molecule has 2 bridgehead atoms. The molecule has 2 saturated carbocycles. The third kappa shape index (κ3) is 4.23. The summed E-state index contributed by atoms with van der Waals surface area (Å²) in [7, 11) is 0. The van der Waals surface area contributed by atoms with Gasteiger partial charge in [0.05, 0.1) is 21.3 Å². The number of aliphatic carboxylic acids is 1. The number of aromatic amines is 1. The van der Waals surface area contributed by atoms with Gasteiger partial charge in [0.25, 0.3) is 0 Å². The van der Waals surface area contributed by atoms with Crippen LogP contribution in [0.25, 0.3) is 33.0 Å². The average Bonchev–Trinajstić information content (AvgIpc) is 3.60. The molecule has 0 amide bonds. The first-order chi connectivity index (χ1) is 16.3. The fraction of sp³-hybridized carbons (Fsp3) is 0.304. The largest absolute Gasteiger partial charge is 0.481 e. The number of halogens is 3. The van der Waals surface area contributed by atoms with Crippen molar-refractivity contribution in [2.45, 2.75) is 25.7 Å². The summed E-state index contributed by atoms with van der Waals surface area (Å²) in [6, 6.07) is 4.60. The number of carboxylic acid groups (broad SMARTS) is 1. The highest BCUT2D eigenvalue weighted by molar-refractivity contribution is 7.19. The lowest BCUT2D eigenvalue weighted by atomic mass is 9.89. The first kappa shape index (κ1) is 22.7. The standard InChI is InChI=1S/C15H8ClF2N5S.C8H12O2/c16-10-2-1-9(24-10)12-11(18)13(19)23-15(22-12)8-5-21-14-7(8)3-6(17)4-20-14;9-8(10)7-4-5-1-2-6(7)3-5/h1-5H,(H,20,21)(H2,19,22,23);5-7H,1-4H2,(H,9,10). The number of fused-ring (bicyclic) bond motifs is 3. The molecule has 3 atom stereocenters. The van der Waals surface area contributed by atoms with Crippen molar-refractivity contribution in [3.8, 4) is 22.0 Å². The van der Waals surface area contributed by atoms with Crippen molar-refractivity contribution < 1.29 is 18.7 Å². The average molecular weight is 504 g/mol. The molecule has 11 heteroatoms. The molecule has 4 heterocycles. The summed E-state index contributed by atoms with van der Waals surface area (Å²) in [5.41, 5.74) is 6.69. The van der Waals surface area contributed by atoms with Gasteiger partial charge in [-0.3, -0.25) is 4.79 Å². The van der Waals surface area contributed by atoms with Crippen LogP contribution in [-0.4, -0.2) is 31.0 Å². The number of nitrogens with one attached hydrogen (secondary N) is 1. The molecule has 0 radical (unpaired) electrons. The Labute approximate surface area is 202 Å². The molecule has 176 valence electrons. The zero-order valence-corrected chi connectivity index (χ0v) is 19.3. The Morgan fingerprint density at radius 1 is 1.24 bits per heavy atom. The van der Waals surface area contributed by atoms with E-state index in [1.54, 1.807) is 18.3 Å². The number of carboxylic acids is 1. The lowest BCUT2D eigenvalue weighted by Crippen LogP contribution is -2.19. The van der Waals surface area contributed by atoms with Gasteiger partial charge in [0.1, 0.15) is 17.2 Å². The van der Waals surface area contributed by atoms with Gasteiger partial charge < -0.3 is 15.8 Å². The Morgan fingerprint density at radius 2 is 2.06 bits per heavy atom. The Kier molecular flexibility index (Phi) is 5.95. The van der Waals surface area contributed by atoms with E-state index in [1.807, 2.05) is 0 Å². The molecule has 4 aromatic rings. The summed E-state index contributed by atoms with van der Waals surface area (Å²) in [5, 5.41) is 9.22. The number of nitrogens with two attached hydrogens (primary N) is 1. The van der Waals surface area contributed by atoms with Crippen molar-refractivity contribution in [2.75, 3.05) is 5.73 Å². The molecule has 4 N–H and O–H groups in total. The van der Waals surface area contributed by atoms with Crippen LogP contribution in [0.2, 0.25) is 4.34 Å². The van der Waals surface area contributed by atoms with Gasteiger partial charge in [0, 0.05) is 17.1 Å². The van der Waals surface area contributed by atoms with Crippen LogP contribution in [0.3, 0.4) is 0 Å². The molecule has 6 rings (SSSR count). The molecule has 2 aliphatic carbocycles. The van der Waals surface area contributed by atoms with Crippen LogP contribution in [0.4, 0.5) is 14.6 Å². The van der Waals surface area contributed by atoms with E-state index >= 15 is 0 Å². The van der Waals surface area contributed by atoms with Gasteiger partial charge in [0.2, 0.25) is 0 Å². The summed E-state index contributed by atoms with van der Waals surface area (Å²) < 4.78 is 28.3. The fourth-order valence-electron chi connectivity index (χ4n) is 4.90.